The van der Waals surface area contributed by atoms with Crippen molar-refractivity contribution in [2.45, 2.75) is 44.9 Å². The molecule has 114 valence electrons. The second-order valence-corrected chi connectivity index (χ2v) is 6.28. The topological polar surface area (TPSA) is 29.5 Å². The van der Waals surface area contributed by atoms with Crippen LogP contribution in [0.4, 0.5) is 0 Å². The van der Waals surface area contributed by atoms with Gasteiger partial charge in [-0.25, -0.2) is 0 Å². The number of fused-ring (bicyclic) bond motifs is 3. The minimum atomic E-state index is 0.112. The molecule has 22 heavy (non-hydrogen) atoms. The van der Waals surface area contributed by atoms with Crippen molar-refractivity contribution in [2.75, 3.05) is 0 Å². The lowest BCUT2D eigenvalue weighted by Gasteiger charge is -2.32. The van der Waals surface area contributed by atoms with E-state index in [1.54, 1.807) is 0 Å². The van der Waals surface area contributed by atoms with E-state index in [2.05, 4.69) is 61.1 Å². The predicted octanol–water partition coefficient (Wildman–Crippen LogP) is 4.02. The summed E-state index contributed by atoms with van der Waals surface area (Å²) in [7, 11) is 0.248. The maximum Gasteiger partial charge on any atom is 0.355 e. The first-order valence-electron chi connectivity index (χ1n) is 8.26. The molecule has 0 atom stereocenters. The molecule has 0 bridgehead atoms. The summed E-state index contributed by atoms with van der Waals surface area (Å²) in [6.07, 6.45) is 4.64. The lowest BCUT2D eigenvalue weighted by atomic mass is 9.70. The quantitative estimate of drug-likeness (QED) is 0.495. The van der Waals surface area contributed by atoms with Crippen LogP contribution in [-0.2, 0) is 10.2 Å². The molecule has 3 heteroatoms. The summed E-state index contributed by atoms with van der Waals surface area (Å²) in [5.74, 6) is 0. The van der Waals surface area contributed by atoms with Crippen LogP contribution >= 0.6 is 0 Å². The first kappa shape index (κ1) is 15.3. The Kier molecular flexibility index (Phi) is 4.37. The van der Waals surface area contributed by atoms with Gasteiger partial charge in [0.25, 0.3) is 0 Å². The molecule has 2 nitrogen and oxygen atoms in total. The first-order valence-corrected chi connectivity index (χ1v) is 8.26. The Morgan fingerprint density at radius 3 is 2.32 bits per heavy atom. The third-order valence-electron chi connectivity index (χ3n) is 4.92. The van der Waals surface area contributed by atoms with Gasteiger partial charge in [-0.15, -0.1) is 0 Å². The summed E-state index contributed by atoms with van der Waals surface area (Å²) < 4.78 is 0. The van der Waals surface area contributed by atoms with Gasteiger partial charge in [-0.2, -0.15) is 0 Å². The van der Waals surface area contributed by atoms with Gasteiger partial charge in [-0.3, -0.25) is 5.26 Å². The Balaban J connectivity index is 2.23. The van der Waals surface area contributed by atoms with E-state index < -0.39 is 0 Å². The van der Waals surface area contributed by atoms with Crippen molar-refractivity contribution in [3.05, 3.63) is 53.6 Å². The van der Waals surface area contributed by atoms with E-state index >= 15 is 0 Å². The molecule has 2 aromatic rings. The molecule has 1 aliphatic rings. The highest BCUT2D eigenvalue weighted by molar-refractivity contribution is 6.46. The summed E-state index contributed by atoms with van der Waals surface area (Å²) in [5.41, 5.74) is 6.74. The van der Waals surface area contributed by atoms with Gasteiger partial charge < -0.3 is 4.81 Å². The summed E-state index contributed by atoms with van der Waals surface area (Å²) in [4.78, 5) is 4.35. The Morgan fingerprint density at radius 2 is 1.64 bits per heavy atom. The third kappa shape index (κ3) is 2.29. The van der Waals surface area contributed by atoms with Crippen LogP contribution in [0.15, 0.2) is 42.5 Å². The highest BCUT2D eigenvalue weighted by Gasteiger charge is 2.41. The van der Waals surface area contributed by atoms with Crippen LogP contribution in [0.3, 0.4) is 0 Å². The van der Waals surface area contributed by atoms with E-state index in [0.717, 1.165) is 31.1 Å². The summed E-state index contributed by atoms with van der Waals surface area (Å²) in [6.45, 7) is 4.53. The third-order valence-corrected chi connectivity index (χ3v) is 4.92. The molecule has 0 amide bonds. The number of hydrogen-bond acceptors (Lipinski definition) is 2. The second-order valence-electron chi connectivity index (χ2n) is 6.28. The van der Waals surface area contributed by atoms with Crippen molar-refractivity contribution in [3.8, 4) is 11.1 Å². The zero-order valence-corrected chi connectivity index (χ0v) is 13.4. The molecule has 1 aliphatic carbocycles. The van der Waals surface area contributed by atoms with Crippen molar-refractivity contribution in [1.29, 1.82) is 0 Å². The minimum Gasteiger partial charge on any atom is -0.306 e. The lowest BCUT2D eigenvalue weighted by molar-refractivity contribution is -0.135. The average Bonchev–Trinajstić information content (AvgIpc) is 2.80. The number of benzene rings is 2. The van der Waals surface area contributed by atoms with Crippen molar-refractivity contribution >= 4 is 12.9 Å². The van der Waals surface area contributed by atoms with Gasteiger partial charge in [-0.1, -0.05) is 69.2 Å². The maximum atomic E-state index is 8.78. The molecular formula is C19H23BO2. The molecule has 0 saturated heterocycles. The van der Waals surface area contributed by atoms with Crippen LogP contribution in [0.25, 0.3) is 11.1 Å². The van der Waals surface area contributed by atoms with E-state index in [4.69, 9.17) is 5.26 Å². The Hall–Kier alpha value is -1.58. The largest absolute Gasteiger partial charge is 0.355 e. The fourth-order valence-corrected chi connectivity index (χ4v) is 4.18. The number of hydrogen-bond donors (Lipinski definition) is 1. The van der Waals surface area contributed by atoms with Gasteiger partial charge in [0.2, 0.25) is 0 Å². The fourth-order valence-electron chi connectivity index (χ4n) is 4.18. The highest BCUT2D eigenvalue weighted by Crippen LogP contribution is 2.53. The summed E-state index contributed by atoms with van der Waals surface area (Å²) in [5, 5.41) is 8.78. The Labute approximate surface area is 133 Å². The van der Waals surface area contributed by atoms with Crippen LogP contribution < -0.4 is 5.46 Å². The average molecular weight is 294 g/mol. The zero-order valence-electron chi connectivity index (χ0n) is 13.4. The van der Waals surface area contributed by atoms with Gasteiger partial charge in [0, 0.05) is 5.41 Å². The van der Waals surface area contributed by atoms with E-state index in [1.807, 2.05) is 0 Å². The van der Waals surface area contributed by atoms with Crippen molar-refractivity contribution in [1.82, 2.24) is 0 Å². The van der Waals surface area contributed by atoms with Crippen LogP contribution in [0, 0.1) is 0 Å². The van der Waals surface area contributed by atoms with Gasteiger partial charge in [0.1, 0.15) is 0 Å². The second kappa shape index (κ2) is 6.27. The Morgan fingerprint density at radius 1 is 0.955 bits per heavy atom. The zero-order chi connectivity index (χ0) is 15.6. The molecule has 0 spiro atoms. The molecule has 0 aliphatic heterocycles. The first-order chi connectivity index (χ1) is 10.8. The van der Waals surface area contributed by atoms with Crippen LogP contribution in [0.2, 0.25) is 0 Å². The normalized spacial score (nSPS) is 14.5. The van der Waals surface area contributed by atoms with Crippen molar-refractivity contribution < 1.29 is 10.1 Å². The molecule has 0 radical (unpaired) electrons. The number of rotatable bonds is 6. The summed E-state index contributed by atoms with van der Waals surface area (Å²) >= 11 is 0. The van der Waals surface area contributed by atoms with E-state index in [9.17, 15) is 0 Å². The van der Waals surface area contributed by atoms with Gasteiger partial charge in [0.05, 0.1) is 0 Å². The lowest BCUT2D eigenvalue weighted by Crippen LogP contribution is -2.27. The summed E-state index contributed by atoms with van der Waals surface area (Å²) in [6, 6.07) is 15.3. The van der Waals surface area contributed by atoms with Gasteiger partial charge in [-0.05, 0) is 40.6 Å². The molecule has 0 aromatic heterocycles. The van der Waals surface area contributed by atoms with E-state index in [1.165, 1.54) is 22.3 Å². The van der Waals surface area contributed by atoms with E-state index in [0.29, 0.717) is 0 Å². The van der Waals surface area contributed by atoms with Crippen LogP contribution in [0.5, 0.6) is 0 Å². The highest BCUT2D eigenvalue weighted by atomic mass is 17.1. The SMILES string of the molecule is CCCC1(CCC)c2ccccc2-c2ccc(BOO)cc21. The van der Waals surface area contributed by atoms with Crippen molar-refractivity contribution in [2.24, 2.45) is 0 Å². The molecule has 0 fully saturated rings. The molecule has 2 aromatic carbocycles. The smallest absolute Gasteiger partial charge is 0.306 e. The van der Waals surface area contributed by atoms with Gasteiger partial charge in [0.15, 0.2) is 0 Å². The molecule has 0 saturated carbocycles. The molecule has 1 N–H and O–H groups in total. The maximum absolute atomic E-state index is 8.78. The molecule has 0 unspecified atom stereocenters. The van der Waals surface area contributed by atoms with E-state index in [-0.39, 0.29) is 12.9 Å². The van der Waals surface area contributed by atoms with Crippen molar-refractivity contribution in [3.63, 3.8) is 0 Å². The Bertz CT molecular complexity index is 660. The standard InChI is InChI=1S/C19H23BO2/c1-3-11-19(12-4-2)17-8-6-5-7-15(17)16-10-9-14(20-22-21)13-18(16)19/h5-10,13,20-21H,3-4,11-12H2,1-2H3. The van der Waals surface area contributed by atoms with Crippen LogP contribution in [0.1, 0.15) is 50.7 Å². The molecule has 0 heterocycles. The molecular weight excluding hydrogens is 271 g/mol. The van der Waals surface area contributed by atoms with Gasteiger partial charge >= 0.3 is 7.48 Å². The predicted molar refractivity (Wildman–Crippen MR) is 93.0 cm³/mol. The van der Waals surface area contributed by atoms with Crippen LogP contribution in [-0.4, -0.2) is 12.7 Å². The monoisotopic (exact) mass is 294 g/mol. The molecule has 3 rings (SSSR count). The minimum absolute atomic E-state index is 0.112. The fraction of sp³-hybridized carbons (Fsp3) is 0.368.